The summed E-state index contributed by atoms with van der Waals surface area (Å²) >= 11 is 0. The van der Waals surface area contributed by atoms with E-state index in [1.165, 1.54) is 12.1 Å². The van der Waals surface area contributed by atoms with Gasteiger partial charge in [-0.1, -0.05) is 13.3 Å². The second kappa shape index (κ2) is 5.49. The Morgan fingerprint density at radius 1 is 1.56 bits per heavy atom. The lowest BCUT2D eigenvalue weighted by molar-refractivity contribution is 0.0992. The predicted molar refractivity (Wildman–Crippen MR) is 59.9 cm³/mol. The van der Waals surface area contributed by atoms with Gasteiger partial charge in [0.2, 0.25) is 0 Å². The van der Waals surface area contributed by atoms with Crippen LogP contribution in [0, 0.1) is 5.82 Å². The molecule has 0 aliphatic carbocycles. The molecule has 0 aliphatic rings. The highest BCUT2D eigenvalue weighted by atomic mass is 19.1. The number of carbonyl (C=O) groups excluding carboxylic acids is 1. The van der Waals surface area contributed by atoms with Crippen LogP contribution in [0.4, 0.5) is 4.39 Å². The quantitative estimate of drug-likeness (QED) is 0.837. The summed E-state index contributed by atoms with van der Waals surface area (Å²) in [7, 11) is 0. The monoisotopic (exact) mass is 225 g/mol. The third-order valence-electron chi connectivity index (χ3n) is 2.23. The van der Waals surface area contributed by atoms with Crippen LogP contribution in [-0.2, 0) is 0 Å². The molecule has 0 saturated heterocycles. The van der Waals surface area contributed by atoms with Crippen molar-refractivity contribution in [2.45, 2.75) is 32.8 Å². The van der Waals surface area contributed by atoms with Crippen LogP contribution in [0.1, 0.15) is 37.0 Å². The van der Waals surface area contributed by atoms with Gasteiger partial charge in [-0.15, -0.1) is 0 Å². The van der Waals surface area contributed by atoms with Crippen LogP contribution in [0.25, 0.3) is 0 Å². The number of hydrogen-bond acceptors (Lipinski definition) is 2. The molecule has 0 spiro atoms. The Morgan fingerprint density at radius 2 is 2.25 bits per heavy atom. The Balaban J connectivity index is 2.90. The summed E-state index contributed by atoms with van der Waals surface area (Å²) in [5.41, 5.74) is 5.23. The van der Waals surface area contributed by atoms with Crippen LogP contribution in [0.5, 0.6) is 5.75 Å². The maximum Gasteiger partial charge on any atom is 0.252 e. The first-order valence-corrected chi connectivity index (χ1v) is 5.30. The molecular formula is C12H16FNO2. The number of nitrogens with two attached hydrogens (primary N) is 1. The van der Waals surface area contributed by atoms with Crippen LogP contribution in [0.15, 0.2) is 18.2 Å². The topological polar surface area (TPSA) is 52.3 Å². The highest BCUT2D eigenvalue weighted by Gasteiger charge is 2.13. The summed E-state index contributed by atoms with van der Waals surface area (Å²) in [5, 5.41) is 0. The zero-order chi connectivity index (χ0) is 12.1. The standard InChI is InChI=1S/C12H16FNO2/c1-3-4-8(2)16-11-6-5-9(13)7-10(11)12(14)15/h5-8H,3-4H2,1-2H3,(H2,14,15)/t8-/m0/s1. The van der Waals surface area contributed by atoms with E-state index in [1.807, 2.05) is 13.8 Å². The van der Waals surface area contributed by atoms with Gasteiger partial charge in [0.25, 0.3) is 5.91 Å². The number of amides is 1. The van der Waals surface area contributed by atoms with E-state index in [9.17, 15) is 9.18 Å². The maximum absolute atomic E-state index is 12.9. The number of halogens is 1. The highest BCUT2D eigenvalue weighted by molar-refractivity contribution is 5.95. The normalized spacial score (nSPS) is 12.2. The zero-order valence-electron chi connectivity index (χ0n) is 9.50. The highest BCUT2D eigenvalue weighted by Crippen LogP contribution is 2.21. The van der Waals surface area contributed by atoms with Crippen molar-refractivity contribution in [3.8, 4) is 5.75 Å². The molecule has 1 aromatic carbocycles. The Labute approximate surface area is 94.4 Å². The summed E-state index contributed by atoms with van der Waals surface area (Å²) < 4.78 is 18.5. The third kappa shape index (κ3) is 3.22. The van der Waals surface area contributed by atoms with Crippen molar-refractivity contribution in [3.05, 3.63) is 29.6 Å². The number of ether oxygens (including phenoxy) is 1. The Hall–Kier alpha value is -1.58. The number of benzene rings is 1. The van der Waals surface area contributed by atoms with E-state index in [-0.39, 0.29) is 11.7 Å². The largest absolute Gasteiger partial charge is 0.490 e. The van der Waals surface area contributed by atoms with E-state index in [0.29, 0.717) is 5.75 Å². The fraction of sp³-hybridized carbons (Fsp3) is 0.417. The molecule has 0 heterocycles. The Bertz CT molecular complexity index is 379. The molecule has 0 saturated carbocycles. The molecular weight excluding hydrogens is 209 g/mol. The van der Waals surface area contributed by atoms with Crippen molar-refractivity contribution in [2.24, 2.45) is 5.73 Å². The van der Waals surface area contributed by atoms with Gasteiger partial charge in [-0.3, -0.25) is 4.79 Å². The van der Waals surface area contributed by atoms with Gasteiger partial charge in [-0.25, -0.2) is 4.39 Å². The van der Waals surface area contributed by atoms with Gasteiger partial charge in [0.15, 0.2) is 0 Å². The molecule has 3 nitrogen and oxygen atoms in total. The van der Waals surface area contributed by atoms with E-state index in [4.69, 9.17) is 10.5 Å². The van der Waals surface area contributed by atoms with Crippen LogP contribution in [-0.4, -0.2) is 12.0 Å². The minimum Gasteiger partial charge on any atom is -0.490 e. The molecule has 0 unspecified atom stereocenters. The molecule has 2 N–H and O–H groups in total. The fourth-order valence-corrected chi connectivity index (χ4v) is 1.48. The lowest BCUT2D eigenvalue weighted by Crippen LogP contribution is -2.17. The number of rotatable bonds is 5. The smallest absolute Gasteiger partial charge is 0.252 e. The fourth-order valence-electron chi connectivity index (χ4n) is 1.48. The van der Waals surface area contributed by atoms with Crippen molar-refractivity contribution in [1.29, 1.82) is 0 Å². The Kier molecular flexibility index (Phi) is 4.28. The minimum absolute atomic E-state index is 0.0199. The molecule has 1 amide bonds. The summed E-state index contributed by atoms with van der Waals surface area (Å²) in [6.07, 6.45) is 1.83. The van der Waals surface area contributed by atoms with Gasteiger partial charge < -0.3 is 10.5 Å². The SMILES string of the molecule is CCC[C@H](C)Oc1ccc(F)cc1C(N)=O. The number of carbonyl (C=O) groups is 1. The van der Waals surface area contributed by atoms with Crippen LogP contribution >= 0.6 is 0 Å². The first-order valence-electron chi connectivity index (χ1n) is 5.30. The summed E-state index contributed by atoms with van der Waals surface area (Å²) in [5.74, 6) is -0.836. The summed E-state index contributed by atoms with van der Waals surface area (Å²) in [4.78, 5) is 11.1. The first-order chi connectivity index (χ1) is 7.54. The molecule has 1 atom stereocenters. The molecule has 0 bridgehead atoms. The maximum atomic E-state index is 12.9. The molecule has 0 aromatic heterocycles. The first kappa shape index (κ1) is 12.5. The van der Waals surface area contributed by atoms with Crippen LogP contribution < -0.4 is 10.5 Å². The van der Waals surface area contributed by atoms with Gasteiger partial charge in [-0.05, 0) is 31.5 Å². The lowest BCUT2D eigenvalue weighted by Gasteiger charge is -2.15. The summed E-state index contributed by atoms with van der Waals surface area (Å²) in [6, 6.07) is 3.78. The average Bonchev–Trinajstić information content (AvgIpc) is 2.20. The molecule has 0 radical (unpaired) electrons. The van der Waals surface area contributed by atoms with Crippen molar-refractivity contribution in [1.82, 2.24) is 0 Å². The zero-order valence-corrected chi connectivity index (χ0v) is 9.50. The molecule has 16 heavy (non-hydrogen) atoms. The average molecular weight is 225 g/mol. The second-order valence-electron chi connectivity index (χ2n) is 3.72. The van der Waals surface area contributed by atoms with E-state index >= 15 is 0 Å². The summed E-state index contributed by atoms with van der Waals surface area (Å²) in [6.45, 7) is 3.94. The van der Waals surface area contributed by atoms with Crippen molar-refractivity contribution in [2.75, 3.05) is 0 Å². The van der Waals surface area contributed by atoms with E-state index < -0.39 is 11.7 Å². The van der Waals surface area contributed by atoms with Crippen LogP contribution in [0.2, 0.25) is 0 Å². The molecule has 0 aliphatic heterocycles. The number of primary amides is 1. The van der Waals surface area contributed by atoms with Crippen molar-refractivity contribution in [3.63, 3.8) is 0 Å². The molecule has 0 fully saturated rings. The van der Waals surface area contributed by atoms with Gasteiger partial charge in [-0.2, -0.15) is 0 Å². The predicted octanol–water partition coefficient (Wildman–Crippen LogP) is 2.49. The number of hydrogen-bond donors (Lipinski definition) is 1. The van der Waals surface area contributed by atoms with Gasteiger partial charge >= 0.3 is 0 Å². The Morgan fingerprint density at radius 3 is 2.81 bits per heavy atom. The van der Waals surface area contributed by atoms with Crippen LogP contribution in [0.3, 0.4) is 0 Å². The van der Waals surface area contributed by atoms with E-state index in [2.05, 4.69) is 0 Å². The van der Waals surface area contributed by atoms with Gasteiger partial charge in [0.1, 0.15) is 11.6 Å². The van der Waals surface area contributed by atoms with E-state index in [1.54, 1.807) is 0 Å². The van der Waals surface area contributed by atoms with Crippen molar-refractivity contribution >= 4 is 5.91 Å². The minimum atomic E-state index is -0.682. The molecule has 4 heteroatoms. The van der Waals surface area contributed by atoms with Gasteiger partial charge in [0, 0.05) is 0 Å². The molecule has 1 rings (SSSR count). The third-order valence-corrected chi connectivity index (χ3v) is 2.23. The molecule has 1 aromatic rings. The second-order valence-corrected chi connectivity index (χ2v) is 3.72. The van der Waals surface area contributed by atoms with Gasteiger partial charge in [0.05, 0.1) is 11.7 Å². The van der Waals surface area contributed by atoms with E-state index in [0.717, 1.165) is 18.9 Å². The van der Waals surface area contributed by atoms with Crippen molar-refractivity contribution < 1.29 is 13.9 Å². The molecule has 88 valence electrons. The lowest BCUT2D eigenvalue weighted by atomic mass is 10.1.